The van der Waals surface area contributed by atoms with Gasteiger partial charge in [-0.15, -0.1) is 0 Å². The first-order valence-electron chi connectivity index (χ1n) is 7.36. The molecule has 0 radical (unpaired) electrons. The van der Waals surface area contributed by atoms with Gasteiger partial charge in [0.15, 0.2) is 0 Å². The summed E-state index contributed by atoms with van der Waals surface area (Å²) in [6.07, 6.45) is 1.58. The molecule has 0 aliphatic rings. The van der Waals surface area contributed by atoms with E-state index in [0.29, 0.717) is 22.8 Å². The molecule has 0 saturated heterocycles. The van der Waals surface area contributed by atoms with E-state index in [1.807, 2.05) is 18.2 Å². The number of hydrogen-bond donors (Lipinski definition) is 2. The van der Waals surface area contributed by atoms with Crippen molar-refractivity contribution in [2.24, 2.45) is 0 Å². The summed E-state index contributed by atoms with van der Waals surface area (Å²) in [5.74, 6) is 0.455. The Hall–Kier alpha value is -3.09. The Balaban J connectivity index is 2.18. The quantitative estimate of drug-likeness (QED) is 0.842. The third-order valence-electron chi connectivity index (χ3n) is 3.31. The number of amides is 2. The number of anilines is 2. The number of ether oxygens (including phenoxy) is 1. The SMILES string of the molecule is COc1ccccc1Nc1ncccc1C(=O)NCC(=O)N(C)C. The van der Waals surface area contributed by atoms with Crippen LogP contribution in [0.2, 0.25) is 0 Å². The maximum absolute atomic E-state index is 12.3. The van der Waals surface area contributed by atoms with Crippen LogP contribution in [0.4, 0.5) is 11.5 Å². The molecule has 0 unspecified atom stereocenters. The predicted octanol–water partition coefficient (Wildman–Crippen LogP) is 1.65. The van der Waals surface area contributed by atoms with E-state index >= 15 is 0 Å². The van der Waals surface area contributed by atoms with Gasteiger partial charge >= 0.3 is 0 Å². The van der Waals surface area contributed by atoms with Crippen LogP contribution in [0, 0.1) is 0 Å². The van der Waals surface area contributed by atoms with Gasteiger partial charge in [-0.2, -0.15) is 0 Å². The zero-order chi connectivity index (χ0) is 17.5. The average Bonchev–Trinajstić information content (AvgIpc) is 2.60. The second-order valence-corrected chi connectivity index (χ2v) is 5.20. The van der Waals surface area contributed by atoms with Crippen molar-refractivity contribution in [1.82, 2.24) is 15.2 Å². The van der Waals surface area contributed by atoms with Gasteiger partial charge in [0.2, 0.25) is 5.91 Å². The second-order valence-electron chi connectivity index (χ2n) is 5.20. The Morgan fingerprint density at radius 3 is 2.62 bits per heavy atom. The molecule has 0 bridgehead atoms. The lowest BCUT2D eigenvalue weighted by molar-refractivity contribution is -0.127. The molecule has 2 rings (SSSR count). The number of benzene rings is 1. The summed E-state index contributed by atoms with van der Waals surface area (Å²) in [7, 11) is 4.83. The third kappa shape index (κ3) is 4.22. The van der Waals surface area contributed by atoms with Crippen LogP contribution < -0.4 is 15.4 Å². The highest BCUT2D eigenvalue weighted by Crippen LogP contribution is 2.27. The third-order valence-corrected chi connectivity index (χ3v) is 3.31. The first kappa shape index (κ1) is 17.3. The van der Waals surface area contributed by atoms with Gasteiger partial charge in [-0.3, -0.25) is 9.59 Å². The highest BCUT2D eigenvalue weighted by Gasteiger charge is 2.15. The van der Waals surface area contributed by atoms with Gasteiger partial charge in [-0.25, -0.2) is 4.98 Å². The Bertz CT molecular complexity index is 731. The number of pyridine rings is 1. The molecular weight excluding hydrogens is 308 g/mol. The van der Waals surface area contributed by atoms with Crippen molar-refractivity contribution in [3.8, 4) is 5.75 Å². The molecule has 0 fully saturated rings. The van der Waals surface area contributed by atoms with Crippen LogP contribution in [-0.4, -0.2) is 49.4 Å². The Morgan fingerprint density at radius 1 is 1.17 bits per heavy atom. The molecule has 0 atom stereocenters. The minimum absolute atomic E-state index is 0.0746. The number of rotatable bonds is 6. The highest BCUT2D eigenvalue weighted by molar-refractivity contribution is 6.00. The van der Waals surface area contributed by atoms with E-state index in [2.05, 4.69) is 15.6 Å². The summed E-state index contributed by atoms with van der Waals surface area (Å²) in [6.45, 7) is -0.0746. The Morgan fingerprint density at radius 2 is 1.92 bits per heavy atom. The molecule has 7 heteroatoms. The largest absolute Gasteiger partial charge is 0.495 e. The standard InChI is InChI=1S/C17H20N4O3/c1-21(2)15(22)11-19-17(23)12-7-6-10-18-16(12)20-13-8-4-5-9-14(13)24-3/h4-10H,11H2,1-3H3,(H,18,20)(H,19,23). The summed E-state index contributed by atoms with van der Waals surface area (Å²) < 4.78 is 5.28. The molecule has 24 heavy (non-hydrogen) atoms. The molecule has 2 amide bonds. The van der Waals surface area contributed by atoms with Gasteiger partial charge in [0.05, 0.1) is 24.9 Å². The molecule has 1 aromatic heterocycles. The summed E-state index contributed by atoms with van der Waals surface area (Å²) in [4.78, 5) is 29.6. The fourth-order valence-corrected chi connectivity index (χ4v) is 1.97. The zero-order valence-corrected chi connectivity index (χ0v) is 13.9. The van der Waals surface area contributed by atoms with Gasteiger partial charge in [-0.1, -0.05) is 12.1 Å². The number of carbonyl (C=O) groups excluding carboxylic acids is 2. The Kier molecular flexibility index (Phi) is 5.73. The van der Waals surface area contributed by atoms with E-state index in [0.717, 1.165) is 0 Å². The molecule has 1 aromatic carbocycles. The lowest BCUT2D eigenvalue weighted by Gasteiger charge is -2.14. The monoisotopic (exact) mass is 328 g/mol. The number of likely N-dealkylation sites (N-methyl/N-ethyl adjacent to an activating group) is 1. The Labute approximate surface area is 140 Å². The number of methoxy groups -OCH3 is 1. The van der Waals surface area contributed by atoms with Crippen molar-refractivity contribution in [2.45, 2.75) is 0 Å². The van der Waals surface area contributed by atoms with E-state index in [4.69, 9.17) is 4.74 Å². The molecular formula is C17H20N4O3. The summed E-state index contributed by atoms with van der Waals surface area (Å²) in [5.41, 5.74) is 1.03. The van der Waals surface area contributed by atoms with Crippen LogP contribution in [0.1, 0.15) is 10.4 Å². The second kappa shape index (κ2) is 7.96. The van der Waals surface area contributed by atoms with Crippen molar-refractivity contribution >= 4 is 23.3 Å². The fraction of sp³-hybridized carbons (Fsp3) is 0.235. The normalized spacial score (nSPS) is 9.96. The number of nitrogens with one attached hydrogen (secondary N) is 2. The van der Waals surface area contributed by atoms with E-state index in [1.165, 1.54) is 4.90 Å². The molecule has 2 aromatic rings. The molecule has 2 N–H and O–H groups in total. The molecule has 0 aliphatic carbocycles. The lowest BCUT2D eigenvalue weighted by Crippen LogP contribution is -2.36. The molecule has 0 spiro atoms. The summed E-state index contributed by atoms with van der Waals surface area (Å²) in [6, 6.07) is 10.6. The van der Waals surface area contributed by atoms with E-state index in [9.17, 15) is 9.59 Å². The first-order chi connectivity index (χ1) is 11.5. The molecule has 0 aliphatic heterocycles. The van der Waals surface area contributed by atoms with Gasteiger partial charge in [-0.05, 0) is 24.3 Å². The molecule has 0 saturated carbocycles. The summed E-state index contributed by atoms with van der Waals surface area (Å²) in [5, 5.41) is 5.68. The highest BCUT2D eigenvalue weighted by atomic mass is 16.5. The maximum atomic E-state index is 12.3. The van der Waals surface area contributed by atoms with E-state index in [-0.39, 0.29) is 18.4 Å². The van der Waals surface area contributed by atoms with Crippen LogP contribution in [-0.2, 0) is 4.79 Å². The molecule has 7 nitrogen and oxygen atoms in total. The fourth-order valence-electron chi connectivity index (χ4n) is 1.97. The van der Waals surface area contributed by atoms with E-state index in [1.54, 1.807) is 45.6 Å². The number of para-hydroxylation sites is 2. The molecule has 1 heterocycles. The topological polar surface area (TPSA) is 83.6 Å². The van der Waals surface area contributed by atoms with Gasteiger partial charge in [0, 0.05) is 20.3 Å². The predicted molar refractivity (Wildman–Crippen MR) is 91.5 cm³/mol. The van der Waals surface area contributed by atoms with Crippen molar-refractivity contribution in [2.75, 3.05) is 33.1 Å². The molecule has 126 valence electrons. The van der Waals surface area contributed by atoms with Crippen molar-refractivity contribution in [1.29, 1.82) is 0 Å². The summed E-state index contributed by atoms with van der Waals surface area (Å²) >= 11 is 0. The number of aromatic nitrogens is 1. The van der Waals surface area contributed by atoms with Gasteiger partial charge in [0.25, 0.3) is 5.91 Å². The van der Waals surface area contributed by atoms with Crippen LogP contribution in [0.5, 0.6) is 5.75 Å². The van der Waals surface area contributed by atoms with Crippen molar-refractivity contribution in [3.05, 3.63) is 48.2 Å². The number of carbonyl (C=O) groups is 2. The van der Waals surface area contributed by atoms with Crippen molar-refractivity contribution < 1.29 is 14.3 Å². The van der Waals surface area contributed by atoms with Crippen LogP contribution in [0.3, 0.4) is 0 Å². The van der Waals surface area contributed by atoms with Gasteiger partial charge < -0.3 is 20.3 Å². The lowest BCUT2D eigenvalue weighted by atomic mass is 10.2. The van der Waals surface area contributed by atoms with Crippen LogP contribution in [0.15, 0.2) is 42.6 Å². The average molecular weight is 328 g/mol. The first-order valence-corrected chi connectivity index (χ1v) is 7.36. The number of nitrogens with zero attached hydrogens (tertiary/aromatic N) is 2. The van der Waals surface area contributed by atoms with E-state index < -0.39 is 0 Å². The minimum Gasteiger partial charge on any atom is -0.495 e. The zero-order valence-electron chi connectivity index (χ0n) is 13.9. The maximum Gasteiger partial charge on any atom is 0.255 e. The number of hydrogen-bond acceptors (Lipinski definition) is 5. The van der Waals surface area contributed by atoms with Crippen LogP contribution >= 0.6 is 0 Å². The van der Waals surface area contributed by atoms with Gasteiger partial charge in [0.1, 0.15) is 11.6 Å². The van der Waals surface area contributed by atoms with Crippen molar-refractivity contribution in [3.63, 3.8) is 0 Å². The smallest absolute Gasteiger partial charge is 0.255 e. The minimum atomic E-state index is -0.379. The van der Waals surface area contributed by atoms with Crippen LogP contribution in [0.25, 0.3) is 0 Å².